The smallest absolute Gasteiger partial charge is 0.251 e. The summed E-state index contributed by atoms with van der Waals surface area (Å²) in [5.74, 6) is 0.427. The zero-order valence-corrected chi connectivity index (χ0v) is 13.0. The molecule has 0 aliphatic heterocycles. The van der Waals surface area contributed by atoms with Crippen LogP contribution >= 0.6 is 11.3 Å². The van der Waals surface area contributed by atoms with E-state index in [2.05, 4.69) is 0 Å². The summed E-state index contributed by atoms with van der Waals surface area (Å²) in [6.07, 6.45) is -1.68. The first-order valence-corrected chi connectivity index (χ1v) is 8.47. The van der Waals surface area contributed by atoms with Crippen LogP contribution in [0.5, 0.6) is 0 Å². The molecule has 7 heteroatoms. The summed E-state index contributed by atoms with van der Waals surface area (Å²) in [5, 5.41) is 5.49. The Labute approximate surface area is 123 Å². The Hall–Kier alpha value is -0.400. The maximum atomic E-state index is 12.7. The second-order valence-corrected chi connectivity index (χ2v) is 8.72. The van der Waals surface area contributed by atoms with Crippen molar-refractivity contribution >= 4 is 22.3 Å². The van der Waals surface area contributed by atoms with Gasteiger partial charge in [-0.15, -0.1) is 11.3 Å². The highest BCUT2D eigenvalue weighted by Gasteiger charge is 2.40. The third-order valence-corrected chi connectivity index (χ3v) is 6.24. The molecule has 0 spiro atoms. The van der Waals surface area contributed by atoms with E-state index in [1.165, 1.54) is 0 Å². The Kier molecular flexibility index (Phi) is 4.33. The zero-order valence-electron chi connectivity index (χ0n) is 11.4. The lowest BCUT2D eigenvalue weighted by Crippen LogP contribution is -2.34. The third-order valence-electron chi connectivity index (χ3n) is 3.72. The Morgan fingerprint density at radius 3 is 2.40 bits per heavy atom. The van der Waals surface area contributed by atoms with Crippen LogP contribution in [0.2, 0.25) is 0 Å². The van der Waals surface area contributed by atoms with Gasteiger partial charge in [0.1, 0.15) is 4.88 Å². The van der Waals surface area contributed by atoms with Gasteiger partial charge in [0.2, 0.25) is 0 Å². The number of nitrogens with two attached hydrogens (primary N) is 1. The maximum Gasteiger partial charge on any atom is 0.425 e. The van der Waals surface area contributed by atoms with Crippen LogP contribution in [0, 0.1) is 5.92 Å². The molecule has 1 saturated carbocycles. The molecule has 2 N–H and O–H groups in total. The van der Waals surface area contributed by atoms with E-state index < -0.39 is 26.8 Å². The lowest BCUT2D eigenvalue weighted by atomic mass is 9.91. The number of thiophene rings is 1. The Morgan fingerprint density at radius 2 is 2.00 bits per heavy atom. The van der Waals surface area contributed by atoms with Crippen LogP contribution in [0.15, 0.2) is 12.1 Å². The highest BCUT2D eigenvalue weighted by Crippen LogP contribution is 2.49. The Balaban J connectivity index is 2.22. The molecule has 2 nitrogen and oxygen atoms in total. The molecule has 1 aromatic rings. The average Bonchev–Trinajstić information content (AvgIpc) is 3.00. The summed E-state index contributed by atoms with van der Waals surface area (Å²) >= 11 is 0.804. The molecule has 2 rings (SSSR count). The molecule has 0 saturated heterocycles. The lowest BCUT2D eigenvalue weighted by Gasteiger charge is -2.26. The van der Waals surface area contributed by atoms with E-state index in [-0.39, 0.29) is 5.92 Å². The molecule has 114 valence electrons. The monoisotopic (exact) mass is 325 g/mol. The normalized spacial score (nSPS) is 19.9. The summed E-state index contributed by atoms with van der Waals surface area (Å²) in [6, 6.07) is 2.70. The van der Waals surface area contributed by atoms with Gasteiger partial charge in [0.05, 0.1) is 15.7 Å². The molecule has 1 heterocycles. The van der Waals surface area contributed by atoms with E-state index in [4.69, 9.17) is 5.14 Å². The topological polar surface area (TPSA) is 43.1 Å². The number of hydrogen-bond donors (Lipinski definition) is 1. The van der Waals surface area contributed by atoms with Crippen molar-refractivity contribution in [2.24, 2.45) is 11.1 Å². The van der Waals surface area contributed by atoms with E-state index in [0.29, 0.717) is 12.3 Å². The van der Waals surface area contributed by atoms with E-state index >= 15 is 0 Å². The summed E-state index contributed by atoms with van der Waals surface area (Å²) in [6.45, 7) is 3.60. The van der Waals surface area contributed by atoms with Crippen molar-refractivity contribution < 1.29 is 17.4 Å². The van der Waals surface area contributed by atoms with Crippen molar-refractivity contribution in [2.45, 2.75) is 50.0 Å². The molecule has 0 radical (unpaired) electrons. The van der Waals surface area contributed by atoms with Gasteiger partial charge < -0.3 is 0 Å². The van der Waals surface area contributed by atoms with Gasteiger partial charge in [-0.1, -0.05) is 0 Å². The van der Waals surface area contributed by atoms with Crippen molar-refractivity contribution in [3.8, 4) is 0 Å². The minimum absolute atomic E-state index is 0.0265. The van der Waals surface area contributed by atoms with Gasteiger partial charge in [-0.2, -0.15) is 13.2 Å². The zero-order chi connectivity index (χ0) is 15.1. The van der Waals surface area contributed by atoms with Gasteiger partial charge in [-0.05, 0) is 57.1 Å². The number of halogens is 3. The molecule has 0 aromatic carbocycles. The average molecular weight is 325 g/mol. The van der Waals surface area contributed by atoms with Crippen molar-refractivity contribution in [2.75, 3.05) is 0 Å². The van der Waals surface area contributed by atoms with Crippen LogP contribution < -0.4 is 5.14 Å². The minimum Gasteiger partial charge on any atom is -0.251 e. The summed E-state index contributed by atoms with van der Waals surface area (Å²) in [4.78, 5) is 0.170. The van der Waals surface area contributed by atoms with E-state index in [1.54, 1.807) is 19.9 Å². The van der Waals surface area contributed by atoms with E-state index in [9.17, 15) is 17.4 Å². The Bertz CT molecular complexity index is 506. The standard InChI is InChI=1S/C13H18F3NOS2/c1-12(2,20(17)18)7-9(8-3-4-8)10-5-6-11(19-10)13(14,15)16/h5-6,8-9H,3-4,7,17H2,1-2H3/t9-,20?/m1/s1. The van der Waals surface area contributed by atoms with E-state index in [1.807, 2.05) is 0 Å². The lowest BCUT2D eigenvalue weighted by molar-refractivity contribution is -0.134. The molecular weight excluding hydrogens is 307 g/mol. The van der Waals surface area contributed by atoms with Crippen LogP contribution in [0.25, 0.3) is 0 Å². The van der Waals surface area contributed by atoms with Gasteiger partial charge >= 0.3 is 6.18 Å². The molecule has 20 heavy (non-hydrogen) atoms. The number of rotatable bonds is 5. The van der Waals surface area contributed by atoms with Crippen LogP contribution in [0.4, 0.5) is 13.2 Å². The molecule has 1 aliphatic rings. The molecule has 0 amide bonds. The van der Waals surface area contributed by atoms with Gasteiger partial charge in [0.15, 0.2) is 0 Å². The van der Waals surface area contributed by atoms with Gasteiger partial charge in [0, 0.05) is 4.88 Å². The fourth-order valence-corrected chi connectivity index (χ4v) is 3.73. The van der Waals surface area contributed by atoms with Gasteiger partial charge in [0.25, 0.3) is 0 Å². The maximum absolute atomic E-state index is 12.7. The first-order chi connectivity index (χ1) is 9.11. The molecule has 1 aliphatic carbocycles. The van der Waals surface area contributed by atoms with Gasteiger partial charge in [-0.3, -0.25) is 5.14 Å². The fourth-order valence-electron chi connectivity index (χ4n) is 2.31. The number of alkyl halides is 3. The SMILES string of the molecule is CC(C)(C[C@@H](c1ccc(C(F)(F)F)s1)C1CC1)S(N)=O. The van der Waals surface area contributed by atoms with Crippen molar-refractivity contribution in [1.29, 1.82) is 0 Å². The van der Waals surface area contributed by atoms with Crippen molar-refractivity contribution in [3.05, 3.63) is 21.9 Å². The molecule has 2 atom stereocenters. The predicted octanol–water partition coefficient (Wildman–Crippen LogP) is 4.05. The fraction of sp³-hybridized carbons (Fsp3) is 0.692. The summed E-state index contributed by atoms with van der Waals surface area (Å²) in [5.41, 5.74) is 0. The minimum atomic E-state index is -4.29. The Morgan fingerprint density at radius 1 is 1.40 bits per heavy atom. The molecule has 1 aromatic heterocycles. The van der Waals surface area contributed by atoms with Crippen molar-refractivity contribution in [3.63, 3.8) is 0 Å². The summed E-state index contributed by atoms with van der Waals surface area (Å²) < 4.78 is 49.0. The quantitative estimate of drug-likeness (QED) is 0.872. The van der Waals surface area contributed by atoms with Crippen LogP contribution in [-0.2, 0) is 17.2 Å². The van der Waals surface area contributed by atoms with Crippen LogP contribution in [0.3, 0.4) is 0 Å². The largest absolute Gasteiger partial charge is 0.425 e. The van der Waals surface area contributed by atoms with Crippen LogP contribution in [0.1, 0.15) is 48.8 Å². The second kappa shape index (κ2) is 5.42. The highest BCUT2D eigenvalue weighted by atomic mass is 32.2. The van der Waals surface area contributed by atoms with Crippen LogP contribution in [-0.4, -0.2) is 8.96 Å². The first-order valence-electron chi connectivity index (χ1n) is 6.44. The predicted molar refractivity (Wildman–Crippen MR) is 75.8 cm³/mol. The highest BCUT2D eigenvalue weighted by molar-refractivity contribution is 7.84. The third kappa shape index (κ3) is 3.62. The van der Waals surface area contributed by atoms with E-state index in [0.717, 1.165) is 35.1 Å². The molecule has 1 unspecified atom stereocenters. The second-order valence-electron chi connectivity index (χ2n) is 5.90. The molecular formula is C13H18F3NOS2. The molecule has 0 bridgehead atoms. The summed E-state index contributed by atoms with van der Waals surface area (Å²) in [7, 11) is -1.49. The molecule has 1 fully saturated rings. The van der Waals surface area contributed by atoms with Crippen molar-refractivity contribution in [1.82, 2.24) is 0 Å². The van der Waals surface area contributed by atoms with Gasteiger partial charge in [-0.25, -0.2) is 4.21 Å². The first kappa shape index (κ1) is 16.0. The number of hydrogen-bond acceptors (Lipinski definition) is 2.